The van der Waals surface area contributed by atoms with Crippen LogP contribution in [0.1, 0.15) is 26.2 Å². The smallest absolute Gasteiger partial charge is 0.195 e. The molecule has 4 heteroatoms. The molecule has 0 aliphatic heterocycles. The minimum atomic E-state index is 0.708. The van der Waals surface area contributed by atoms with E-state index in [-0.39, 0.29) is 0 Å². The van der Waals surface area contributed by atoms with Gasteiger partial charge in [-0.1, -0.05) is 50.1 Å². The number of rotatable bonds is 5. The Kier molecular flexibility index (Phi) is 4.09. The third-order valence-electron chi connectivity index (χ3n) is 2.78. The molecule has 90 valence electrons. The summed E-state index contributed by atoms with van der Waals surface area (Å²) >= 11 is 5.27. The lowest BCUT2D eigenvalue weighted by molar-refractivity contribution is 0.600. The Morgan fingerprint density at radius 3 is 2.71 bits per heavy atom. The zero-order valence-corrected chi connectivity index (χ0v) is 10.8. The summed E-state index contributed by atoms with van der Waals surface area (Å²) in [7, 11) is 0. The van der Waals surface area contributed by atoms with Gasteiger partial charge in [0.2, 0.25) is 0 Å². The van der Waals surface area contributed by atoms with Gasteiger partial charge < -0.3 is 4.57 Å². The van der Waals surface area contributed by atoms with E-state index in [9.17, 15) is 0 Å². The molecule has 1 aromatic heterocycles. The molecule has 3 nitrogen and oxygen atoms in total. The molecular formula is C13H17N3S. The number of nitrogens with zero attached hydrogens (tertiary/aromatic N) is 2. The van der Waals surface area contributed by atoms with Crippen molar-refractivity contribution in [3.8, 4) is 11.4 Å². The fourth-order valence-electron chi connectivity index (χ4n) is 1.85. The summed E-state index contributed by atoms with van der Waals surface area (Å²) in [5.41, 5.74) is 1.11. The number of benzene rings is 1. The Morgan fingerprint density at radius 2 is 2.00 bits per heavy atom. The Labute approximate surface area is 106 Å². The van der Waals surface area contributed by atoms with Crippen LogP contribution in [0.25, 0.3) is 11.4 Å². The number of aromatic amines is 1. The zero-order valence-electron chi connectivity index (χ0n) is 10.0. The molecule has 0 amide bonds. The molecule has 0 saturated heterocycles. The molecule has 0 saturated carbocycles. The molecule has 1 heterocycles. The summed E-state index contributed by atoms with van der Waals surface area (Å²) in [5.74, 6) is 0.937. The molecule has 2 rings (SSSR count). The van der Waals surface area contributed by atoms with Gasteiger partial charge in [-0.05, 0) is 18.6 Å². The monoisotopic (exact) mass is 247 g/mol. The van der Waals surface area contributed by atoms with Crippen LogP contribution in [0, 0.1) is 4.77 Å². The summed E-state index contributed by atoms with van der Waals surface area (Å²) in [6.45, 7) is 3.14. The molecule has 0 bridgehead atoms. The Bertz CT molecular complexity index is 513. The lowest BCUT2D eigenvalue weighted by Gasteiger charge is -2.06. The van der Waals surface area contributed by atoms with Crippen molar-refractivity contribution in [3.63, 3.8) is 0 Å². The van der Waals surface area contributed by atoms with E-state index in [2.05, 4.69) is 33.8 Å². The third kappa shape index (κ3) is 2.82. The first kappa shape index (κ1) is 12.0. The van der Waals surface area contributed by atoms with E-state index in [1.807, 2.05) is 18.2 Å². The van der Waals surface area contributed by atoms with Gasteiger partial charge >= 0.3 is 0 Å². The van der Waals surface area contributed by atoms with Crippen molar-refractivity contribution in [2.24, 2.45) is 0 Å². The highest BCUT2D eigenvalue weighted by Gasteiger charge is 2.07. The molecule has 0 fully saturated rings. The van der Waals surface area contributed by atoms with Crippen LogP contribution >= 0.6 is 12.2 Å². The molecule has 0 aliphatic rings. The SMILES string of the molecule is CCCCCn1c(-c2ccccc2)n[nH]c1=S. The Morgan fingerprint density at radius 1 is 1.24 bits per heavy atom. The van der Waals surface area contributed by atoms with Crippen LogP contribution in [0.3, 0.4) is 0 Å². The van der Waals surface area contributed by atoms with Crippen molar-refractivity contribution in [1.29, 1.82) is 0 Å². The number of H-pyrrole nitrogens is 1. The fraction of sp³-hybridized carbons (Fsp3) is 0.385. The van der Waals surface area contributed by atoms with Crippen molar-refractivity contribution >= 4 is 12.2 Å². The summed E-state index contributed by atoms with van der Waals surface area (Å²) in [6.07, 6.45) is 3.58. The quantitative estimate of drug-likeness (QED) is 0.644. The average Bonchev–Trinajstić information content (AvgIpc) is 2.73. The van der Waals surface area contributed by atoms with Crippen LogP contribution in [0.15, 0.2) is 30.3 Å². The second-order valence-electron chi connectivity index (χ2n) is 4.08. The standard InChI is InChI=1S/C13H17N3S/c1-2-3-7-10-16-12(14-15-13(16)17)11-8-5-4-6-9-11/h4-6,8-9H,2-3,7,10H2,1H3,(H,15,17). The molecular weight excluding hydrogens is 230 g/mol. The molecule has 17 heavy (non-hydrogen) atoms. The van der Waals surface area contributed by atoms with E-state index in [0.29, 0.717) is 4.77 Å². The van der Waals surface area contributed by atoms with Gasteiger partial charge in [0.15, 0.2) is 10.6 Å². The maximum atomic E-state index is 5.27. The van der Waals surface area contributed by atoms with Crippen molar-refractivity contribution < 1.29 is 0 Å². The first-order chi connectivity index (χ1) is 8.33. The molecule has 0 spiro atoms. The topological polar surface area (TPSA) is 33.6 Å². The summed E-state index contributed by atoms with van der Waals surface area (Å²) in [5, 5.41) is 7.19. The summed E-state index contributed by atoms with van der Waals surface area (Å²) < 4.78 is 2.79. The van der Waals surface area contributed by atoms with Crippen LogP contribution < -0.4 is 0 Å². The first-order valence-electron chi connectivity index (χ1n) is 6.03. The second-order valence-corrected chi connectivity index (χ2v) is 4.46. The molecule has 0 unspecified atom stereocenters. The van der Waals surface area contributed by atoms with Crippen LogP contribution in [0.4, 0.5) is 0 Å². The van der Waals surface area contributed by atoms with Gasteiger partial charge in [-0.2, -0.15) is 5.10 Å². The van der Waals surface area contributed by atoms with Gasteiger partial charge in [-0.25, -0.2) is 0 Å². The van der Waals surface area contributed by atoms with Gasteiger partial charge in [0, 0.05) is 12.1 Å². The Hall–Kier alpha value is -1.42. The third-order valence-corrected chi connectivity index (χ3v) is 3.09. The van der Waals surface area contributed by atoms with Gasteiger partial charge in [0.05, 0.1) is 0 Å². The number of aromatic nitrogens is 3. The van der Waals surface area contributed by atoms with Crippen LogP contribution in [-0.4, -0.2) is 14.8 Å². The van der Waals surface area contributed by atoms with E-state index < -0.39 is 0 Å². The number of hydrogen-bond acceptors (Lipinski definition) is 2. The normalized spacial score (nSPS) is 10.6. The average molecular weight is 247 g/mol. The van der Waals surface area contributed by atoms with E-state index in [1.165, 1.54) is 12.8 Å². The van der Waals surface area contributed by atoms with E-state index in [0.717, 1.165) is 24.4 Å². The largest absolute Gasteiger partial charge is 0.300 e. The van der Waals surface area contributed by atoms with E-state index in [1.54, 1.807) is 0 Å². The molecule has 1 N–H and O–H groups in total. The number of nitrogens with one attached hydrogen (secondary N) is 1. The summed E-state index contributed by atoms with van der Waals surface area (Å²) in [6, 6.07) is 10.2. The van der Waals surface area contributed by atoms with Crippen molar-refractivity contribution in [1.82, 2.24) is 14.8 Å². The number of hydrogen-bond donors (Lipinski definition) is 1. The highest BCUT2D eigenvalue weighted by molar-refractivity contribution is 7.71. The lowest BCUT2D eigenvalue weighted by atomic mass is 10.2. The minimum absolute atomic E-state index is 0.708. The van der Waals surface area contributed by atoms with Gasteiger partial charge in [-0.15, -0.1) is 0 Å². The highest BCUT2D eigenvalue weighted by Crippen LogP contribution is 2.17. The van der Waals surface area contributed by atoms with Crippen LogP contribution in [-0.2, 0) is 6.54 Å². The van der Waals surface area contributed by atoms with Gasteiger partial charge in [-0.3, -0.25) is 5.10 Å². The van der Waals surface area contributed by atoms with Crippen molar-refractivity contribution in [2.75, 3.05) is 0 Å². The zero-order chi connectivity index (χ0) is 12.1. The predicted octanol–water partition coefficient (Wildman–Crippen LogP) is 3.80. The maximum Gasteiger partial charge on any atom is 0.195 e. The Balaban J connectivity index is 2.26. The molecule has 0 aliphatic carbocycles. The molecule has 1 aromatic carbocycles. The van der Waals surface area contributed by atoms with Crippen LogP contribution in [0.2, 0.25) is 0 Å². The number of unbranched alkanes of at least 4 members (excludes halogenated alkanes) is 2. The van der Waals surface area contributed by atoms with Crippen LogP contribution in [0.5, 0.6) is 0 Å². The van der Waals surface area contributed by atoms with E-state index >= 15 is 0 Å². The predicted molar refractivity (Wildman–Crippen MR) is 72.4 cm³/mol. The highest BCUT2D eigenvalue weighted by atomic mass is 32.1. The van der Waals surface area contributed by atoms with E-state index in [4.69, 9.17) is 12.2 Å². The summed E-state index contributed by atoms with van der Waals surface area (Å²) in [4.78, 5) is 0. The minimum Gasteiger partial charge on any atom is -0.300 e. The van der Waals surface area contributed by atoms with Gasteiger partial charge in [0.1, 0.15) is 0 Å². The maximum absolute atomic E-state index is 5.27. The first-order valence-corrected chi connectivity index (χ1v) is 6.44. The molecule has 2 aromatic rings. The molecule has 0 atom stereocenters. The molecule has 0 radical (unpaired) electrons. The van der Waals surface area contributed by atoms with Crippen molar-refractivity contribution in [3.05, 3.63) is 35.1 Å². The second kappa shape index (κ2) is 5.77. The lowest BCUT2D eigenvalue weighted by Crippen LogP contribution is -2.00. The van der Waals surface area contributed by atoms with Crippen molar-refractivity contribution in [2.45, 2.75) is 32.7 Å². The van der Waals surface area contributed by atoms with Gasteiger partial charge in [0.25, 0.3) is 0 Å². The fourth-order valence-corrected chi connectivity index (χ4v) is 2.08.